The van der Waals surface area contributed by atoms with Gasteiger partial charge in [-0.3, -0.25) is 9.59 Å². The van der Waals surface area contributed by atoms with Crippen molar-refractivity contribution in [3.63, 3.8) is 0 Å². The number of para-hydroxylation sites is 1. The molecule has 5 heteroatoms. The molecule has 22 heavy (non-hydrogen) atoms. The molecule has 2 rings (SSSR count). The first kappa shape index (κ1) is 16.5. The number of carbonyl (C=O) groups excluding carboxylic acids is 2. The largest absolute Gasteiger partial charge is 0.396 e. The fourth-order valence-corrected chi connectivity index (χ4v) is 2.83. The van der Waals surface area contributed by atoms with Crippen LogP contribution in [0.2, 0.25) is 0 Å². The van der Waals surface area contributed by atoms with E-state index < -0.39 is 11.8 Å². The number of likely N-dealkylation sites (tertiary alicyclic amines) is 1. The van der Waals surface area contributed by atoms with Gasteiger partial charge in [-0.1, -0.05) is 32.0 Å². The number of hydrogen-bond acceptors (Lipinski definition) is 3. The molecule has 120 valence electrons. The highest BCUT2D eigenvalue weighted by atomic mass is 16.3. The number of benzene rings is 1. The van der Waals surface area contributed by atoms with Gasteiger partial charge in [0.05, 0.1) is 0 Å². The SMILES string of the molecule is CC(C)c1ccccc1NC(=O)C(=O)N1CCCC(CO)C1. The van der Waals surface area contributed by atoms with Gasteiger partial charge < -0.3 is 15.3 Å². The summed E-state index contributed by atoms with van der Waals surface area (Å²) < 4.78 is 0. The van der Waals surface area contributed by atoms with Gasteiger partial charge in [0.2, 0.25) is 0 Å². The van der Waals surface area contributed by atoms with Crippen molar-refractivity contribution in [1.82, 2.24) is 4.90 Å². The van der Waals surface area contributed by atoms with Crippen molar-refractivity contribution in [1.29, 1.82) is 0 Å². The smallest absolute Gasteiger partial charge is 0.313 e. The molecule has 1 unspecified atom stereocenters. The monoisotopic (exact) mass is 304 g/mol. The van der Waals surface area contributed by atoms with Gasteiger partial charge in [-0.25, -0.2) is 0 Å². The van der Waals surface area contributed by atoms with Crippen LogP contribution in [0.3, 0.4) is 0 Å². The Balaban J connectivity index is 2.04. The first-order valence-corrected chi connectivity index (χ1v) is 7.83. The average Bonchev–Trinajstić information content (AvgIpc) is 2.54. The Labute approximate surface area is 131 Å². The van der Waals surface area contributed by atoms with Crippen molar-refractivity contribution in [2.45, 2.75) is 32.6 Å². The Hall–Kier alpha value is -1.88. The van der Waals surface area contributed by atoms with Crippen LogP contribution in [0.15, 0.2) is 24.3 Å². The molecular formula is C17H24N2O3. The van der Waals surface area contributed by atoms with Crippen molar-refractivity contribution < 1.29 is 14.7 Å². The van der Waals surface area contributed by atoms with Crippen LogP contribution in [0, 0.1) is 5.92 Å². The summed E-state index contributed by atoms with van der Waals surface area (Å²) in [4.78, 5) is 26.0. The van der Waals surface area contributed by atoms with Crippen LogP contribution >= 0.6 is 0 Å². The number of hydrogen-bond donors (Lipinski definition) is 2. The van der Waals surface area contributed by atoms with Gasteiger partial charge in [0.15, 0.2) is 0 Å². The predicted molar refractivity (Wildman–Crippen MR) is 85.6 cm³/mol. The maximum atomic E-state index is 12.3. The maximum Gasteiger partial charge on any atom is 0.313 e. The number of aliphatic hydroxyl groups is 1. The Morgan fingerprint density at radius 2 is 2.09 bits per heavy atom. The molecule has 1 aromatic rings. The molecule has 0 aliphatic carbocycles. The number of amides is 2. The quantitative estimate of drug-likeness (QED) is 0.839. The molecular weight excluding hydrogens is 280 g/mol. The highest BCUT2D eigenvalue weighted by molar-refractivity contribution is 6.39. The van der Waals surface area contributed by atoms with Crippen LogP contribution in [-0.2, 0) is 9.59 Å². The van der Waals surface area contributed by atoms with E-state index in [4.69, 9.17) is 0 Å². The zero-order valence-corrected chi connectivity index (χ0v) is 13.2. The van der Waals surface area contributed by atoms with E-state index in [0.29, 0.717) is 18.8 Å². The minimum absolute atomic E-state index is 0.0571. The molecule has 1 fully saturated rings. The number of rotatable bonds is 3. The minimum atomic E-state index is -0.605. The molecule has 0 bridgehead atoms. The first-order valence-electron chi connectivity index (χ1n) is 7.83. The van der Waals surface area contributed by atoms with E-state index in [1.54, 1.807) is 0 Å². The fourth-order valence-electron chi connectivity index (χ4n) is 2.83. The summed E-state index contributed by atoms with van der Waals surface area (Å²) in [6.07, 6.45) is 1.73. The number of piperidine rings is 1. The van der Waals surface area contributed by atoms with Gasteiger partial charge in [-0.2, -0.15) is 0 Å². The third-order valence-electron chi connectivity index (χ3n) is 4.09. The minimum Gasteiger partial charge on any atom is -0.396 e. The van der Waals surface area contributed by atoms with Gasteiger partial charge in [-0.05, 0) is 36.3 Å². The Bertz CT molecular complexity index is 542. The molecule has 0 radical (unpaired) electrons. The summed E-state index contributed by atoms with van der Waals surface area (Å²) >= 11 is 0. The Morgan fingerprint density at radius 1 is 1.36 bits per heavy atom. The molecule has 2 amide bonds. The lowest BCUT2D eigenvalue weighted by molar-refractivity contribution is -0.144. The van der Waals surface area contributed by atoms with Crippen LogP contribution in [0.1, 0.15) is 38.2 Å². The molecule has 2 N–H and O–H groups in total. The third-order valence-corrected chi connectivity index (χ3v) is 4.09. The first-order chi connectivity index (χ1) is 10.5. The Kier molecular flexibility index (Phi) is 5.55. The predicted octanol–water partition coefficient (Wildman–Crippen LogP) is 1.98. The molecule has 1 aliphatic heterocycles. The van der Waals surface area contributed by atoms with Crippen molar-refractivity contribution in [3.05, 3.63) is 29.8 Å². The molecule has 1 aliphatic rings. The van der Waals surface area contributed by atoms with Crippen LogP contribution in [0.5, 0.6) is 0 Å². The van der Waals surface area contributed by atoms with Crippen molar-refractivity contribution in [2.75, 3.05) is 25.0 Å². The molecule has 0 aromatic heterocycles. The van der Waals surface area contributed by atoms with E-state index in [1.165, 1.54) is 4.90 Å². The lowest BCUT2D eigenvalue weighted by Crippen LogP contribution is -2.46. The van der Waals surface area contributed by atoms with Crippen LogP contribution in [0.4, 0.5) is 5.69 Å². The molecule has 5 nitrogen and oxygen atoms in total. The van der Waals surface area contributed by atoms with E-state index in [9.17, 15) is 14.7 Å². The molecule has 1 atom stereocenters. The van der Waals surface area contributed by atoms with Crippen molar-refractivity contribution in [3.8, 4) is 0 Å². The lowest BCUT2D eigenvalue weighted by Gasteiger charge is -2.31. The zero-order valence-electron chi connectivity index (χ0n) is 13.2. The number of carbonyl (C=O) groups is 2. The van der Waals surface area contributed by atoms with Gasteiger partial charge in [0, 0.05) is 25.4 Å². The van der Waals surface area contributed by atoms with Gasteiger partial charge >= 0.3 is 11.8 Å². The molecule has 0 saturated carbocycles. The van der Waals surface area contributed by atoms with E-state index in [0.717, 1.165) is 18.4 Å². The van der Waals surface area contributed by atoms with E-state index in [-0.39, 0.29) is 18.4 Å². The van der Waals surface area contributed by atoms with Crippen molar-refractivity contribution in [2.24, 2.45) is 5.92 Å². The summed E-state index contributed by atoms with van der Waals surface area (Å²) in [6, 6.07) is 7.53. The highest BCUT2D eigenvalue weighted by Crippen LogP contribution is 2.24. The second-order valence-electron chi connectivity index (χ2n) is 6.14. The van der Waals surface area contributed by atoms with E-state index in [2.05, 4.69) is 5.32 Å². The van der Waals surface area contributed by atoms with Crippen LogP contribution in [-0.4, -0.2) is 41.5 Å². The average molecular weight is 304 g/mol. The summed E-state index contributed by atoms with van der Waals surface area (Å²) in [5, 5.41) is 12.0. The molecule has 0 spiro atoms. The summed E-state index contributed by atoms with van der Waals surface area (Å²) in [7, 11) is 0. The Morgan fingerprint density at radius 3 is 2.77 bits per heavy atom. The normalized spacial score (nSPS) is 18.4. The number of aliphatic hydroxyl groups excluding tert-OH is 1. The topological polar surface area (TPSA) is 69.6 Å². The van der Waals surface area contributed by atoms with E-state index in [1.807, 2.05) is 38.1 Å². The second kappa shape index (κ2) is 7.40. The van der Waals surface area contributed by atoms with Crippen LogP contribution in [0.25, 0.3) is 0 Å². The standard InChI is InChI=1S/C17H24N2O3/c1-12(2)14-7-3-4-8-15(14)18-16(21)17(22)19-9-5-6-13(10-19)11-20/h3-4,7-8,12-13,20H,5-6,9-11H2,1-2H3,(H,18,21). The highest BCUT2D eigenvalue weighted by Gasteiger charge is 2.27. The summed E-state index contributed by atoms with van der Waals surface area (Å²) in [5.74, 6) is -0.780. The third kappa shape index (κ3) is 3.85. The second-order valence-corrected chi connectivity index (χ2v) is 6.14. The van der Waals surface area contributed by atoms with Crippen LogP contribution < -0.4 is 5.32 Å². The molecule has 1 saturated heterocycles. The zero-order chi connectivity index (χ0) is 16.1. The number of nitrogens with one attached hydrogen (secondary N) is 1. The summed E-state index contributed by atoms with van der Waals surface area (Å²) in [5.41, 5.74) is 1.70. The maximum absolute atomic E-state index is 12.3. The molecule has 1 aromatic carbocycles. The molecule has 1 heterocycles. The van der Waals surface area contributed by atoms with Gasteiger partial charge in [-0.15, -0.1) is 0 Å². The summed E-state index contributed by atoms with van der Waals surface area (Å²) in [6.45, 7) is 5.18. The van der Waals surface area contributed by atoms with Crippen molar-refractivity contribution >= 4 is 17.5 Å². The fraction of sp³-hybridized carbons (Fsp3) is 0.529. The lowest BCUT2D eigenvalue weighted by atomic mass is 9.99. The number of nitrogens with zero attached hydrogens (tertiary/aromatic N) is 1. The van der Waals surface area contributed by atoms with Gasteiger partial charge in [0.1, 0.15) is 0 Å². The van der Waals surface area contributed by atoms with Gasteiger partial charge in [0.25, 0.3) is 0 Å². The van der Waals surface area contributed by atoms with E-state index >= 15 is 0 Å². The number of anilines is 1.